The van der Waals surface area contributed by atoms with E-state index in [1.165, 1.54) is 0 Å². The molecule has 0 aliphatic carbocycles. The van der Waals surface area contributed by atoms with Gasteiger partial charge in [-0.05, 0) is 13.3 Å². The second-order valence-electron chi connectivity index (χ2n) is 4.80. The summed E-state index contributed by atoms with van der Waals surface area (Å²) in [5.74, 6) is 1.62. The van der Waals surface area contributed by atoms with Gasteiger partial charge in [-0.25, -0.2) is 15.0 Å². The quantitative estimate of drug-likeness (QED) is 0.938. The number of hydrogen-bond donors (Lipinski definition) is 1. The standard InChI is InChI=1S/C14H18N4OS/c1-3-5-15-13-10-7-19-6-4-11(10)17-14(18-13)12-8-20-9(2)16-12/h8H,3-7H2,1-2H3,(H,15,17,18). The number of hydrogen-bond acceptors (Lipinski definition) is 6. The van der Waals surface area contributed by atoms with Gasteiger partial charge in [-0.15, -0.1) is 11.3 Å². The molecule has 0 saturated carbocycles. The summed E-state index contributed by atoms with van der Waals surface area (Å²) in [5.41, 5.74) is 3.05. The van der Waals surface area contributed by atoms with E-state index < -0.39 is 0 Å². The molecule has 0 saturated heterocycles. The fraction of sp³-hybridized carbons (Fsp3) is 0.500. The maximum Gasteiger partial charge on any atom is 0.181 e. The summed E-state index contributed by atoms with van der Waals surface area (Å²) >= 11 is 1.62. The highest BCUT2D eigenvalue weighted by Crippen LogP contribution is 2.26. The van der Waals surface area contributed by atoms with Crippen LogP contribution in [0.2, 0.25) is 0 Å². The van der Waals surface area contributed by atoms with E-state index in [1.807, 2.05) is 12.3 Å². The zero-order valence-electron chi connectivity index (χ0n) is 11.8. The molecule has 0 fully saturated rings. The Bertz CT molecular complexity index is 611. The van der Waals surface area contributed by atoms with Gasteiger partial charge in [0.15, 0.2) is 5.82 Å². The molecule has 3 rings (SSSR count). The number of ether oxygens (including phenoxy) is 1. The lowest BCUT2D eigenvalue weighted by molar-refractivity contribution is 0.109. The molecule has 0 bridgehead atoms. The first kappa shape index (κ1) is 13.5. The van der Waals surface area contributed by atoms with Crippen LogP contribution in [0.3, 0.4) is 0 Å². The number of rotatable bonds is 4. The molecule has 1 aliphatic heterocycles. The minimum absolute atomic E-state index is 0.595. The van der Waals surface area contributed by atoms with Crippen LogP contribution in [0.1, 0.15) is 29.6 Å². The van der Waals surface area contributed by atoms with Crippen LogP contribution >= 0.6 is 11.3 Å². The van der Waals surface area contributed by atoms with Crippen molar-refractivity contribution in [2.24, 2.45) is 0 Å². The lowest BCUT2D eigenvalue weighted by Gasteiger charge is -2.19. The van der Waals surface area contributed by atoms with Gasteiger partial charge in [0.25, 0.3) is 0 Å². The van der Waals surface area contributed by atoms with Gasteiger partial charge in [0.05, 0.1) is 23.9 Å². The topological polar surface area (TPSA) is 59.9 Å². The van der Waals surface area contributed by atoms with Crippen molar-refractivity contribution in [3.8, 4) is 11.5 Å². The Balaban J connectivity index is 2.03. The molecule has 0 radical (unpaired) electrons. The molecular formula is C14H18N4OS. The number of nitrogens with zero attached hydrogens (tertiary/aromatic N) is 3. The van der Waals surface area contributed by atoms with Crippen LogP contribution in [0.5, 0.6) is 0 Å². The first-order valence-electron chi connectivity index (χ1n) is 6.92. The third-order valence-electron chi connectivity index (χ3n) is 3.21. The number of aryl methyl sites for hydroxylation is 1. The van der Waals surface area contributed by atoms with Crippen LogP contribution in [-0.2, 0) is 17.8 Å². The van der Waals surface area contributed by atoms with Gasteiger partial charge in [-0.3, -0.25) is 0 Å². The lowest BCUT2D eigenvalue weighted by atomic mass is 10.1. The average molecular weight is 290 g/mol. The van der Waals surface area contributed by atoms with Crippen molar-refractivity contribution in [3.05, 3.63) is 21.6 Å². The maximum atomic E-state index is 5.53. The highest BCUT2D eigenvalue weighted by molar-refractivity contribution is 7.09. The third-order valence-corrected chi connectivity index (χ3v) is 3.99. The summed E-state index contributed by atoms with van der Waals surface area (Å²) in [5, 5.41) is 6.43. The van der Waals surface area contributed by atoms with Crippen LogP contribution in [0, 0.1) is 6.92 Å². The van der Waals surface area contributed by atoms with E-state index in [9.17, 15) is 0 Å². The molecule has 20 heavy (non-hydrogen) atoms. The Morgan fingerprint density at radius 3 is 3.00 bits per heavy atom. The van der Waals surface area contributed by atoms with Crippen LogP contribution in [0.15, 0.2) is 5.38 Å². The highest BCUT2D eigenvalue weighted by Gasteiger charge is 2.19. The molecule has 0 amide bonds. The van der Waals surface area contributed by atoms with Gasteiger partial charge in [-0.1, -0.05) is 6.92 Å². The van der Waals surface area contributed by atoms with Crippen molar-refractivity contribution in [1.29, 1.82) is 0 Å². The monoisotopic (exact) mass is 290 g/mol. The van der Waals surface area contributed by atoms with Crippen molar-refractivity contribution in [3.63, 3.8) is 0 Å². The van der Waals surface area contributed by atoms with E-state index in [-0.39, 0.29) is 0 Å². The molecule has 0 unspecified atom stereocenters. The summed E-state index contributed by atoms with van der Waals surface area (Å²) in [4.78, 5) is 13.8. The smallest absolute Gasteiger partial charge is 0.181 e. The largest absolute Gasteiger partial charge is 0.376 e. The molecule has 5 nitrogen and oxygen atoms in total. The van der Waals surface area contributed by atoms with Gasteiger partial charge < -0.3 is 10.1 Å². The van der Waals surface area contributed by atoms with E-state index in [2.05, 4.69) is 27.2 Å². The fourth-order valence-corrected chi connectivity index (χ4v) is 2.79. The molecule has 0 aromatic carbocycles. The van der Waals surface area contributed by atoms with Crippen molar-refractivity contribution < 1.29 is 4.74 Å². The Kier molecular flexibility index (Phi) is 3.93. The molecule has 1 aliphatic rings. The Labute approximate surface area is 122 Å². The lowest BCUT2D eigenvalue weighted by Crippen LogP contribution is -2.17. The maximum absolute atomic E-state index is 5.53. The van der Waals surface area contributed by atoms with Crippen LogP contribution < -0.4 is 5.32 Å². The first-order chi connectivity index (χ1) is 9.78. The third kappa shape index (κ3) is 2.66. The van der Waals surface area contributed by atoms with Crippen molar-refractivity contribution in [2.75, 3.05) is 18.5 Å². The number of nitrogens with one attached hydrogen (secondary N) is 1. The number of thiazole rings is 1. The second-order valence-corrected chi connectivity index (χ2v) is 5.86. The Morgan fingerprint density at radius 1 is 1.35 bits per heavy atom. The molecule has 106 valence electrons. The van der Waals surface area contributed by atoms with Gasteiger partial charge in [0.2, 0.25) is 0 Å². The summed E-state index contributed by atoms with van der Waals surface area (Å²) in [6, 6.07) is 0. The van der Waals surface area contributed by atoms with Gasteiger partial charge in [0, 0.05) is 23.9 Å². The van der Waals surface area contributed by atoms with E-state index in [0.29, 0.717) is 12.4 Å². The molecule has 2 aromatic rings. The molecule has 0 spiro atoms. The number of anilines is 1. The molecule has 6 heteroatoms. The van der Waals surface area contributed by atoms with Gasteiger partial charge in [0.1, 0.15) is 11.5 Å². The predicted octanol–water partition coefficient (Wildman–Crippen LogP) is 2.80. The SMILES string of the molecule is CCCNc1nc(-c2csc(C)n2)nc2c1COCC2. The zero-order valence-corrected chi connectivity index (χ0v) is 12.6. The number of aromatic nitrogens is 3. The first-order valence-corrected chi connectivity index (χ1v) is 7.79. The van der Waals surface area contributed by atoms with E-state index in [0.717, 1.165) is 53.8 Å². The summed E-state index contributed by atoms with van der Waals surface area (Å²) in [7, 11) is 0. The number of fused-ring (bicyclic) bond motifs is 1. The minimum Gasteiger partial charge on any atom is -0.376 e. The van der Waals surface area contributed by atoms with Crippen LogP contribution in [0.25, 0.3) is 11.5 Å². The van der Waals surface area contributed by atoms with Gasteiger partial charge >= 0.3 is 0 Å². The van der Waals surface area contributed by atoms with E-state index in [4.69, 9.17) is 4.74 Å². The predicted molar refractivity (Wildman–Crippen MR) is 80.0 cm³/mol. The van der Waals surface area contributed by atoms with Crippen molar-refractivity contribution >= 4 is 17.2 Å². The van der Waals surface area contributed by atoms with Gasteiger partial charge in [-0.2, -0.15) is 0 Å². The second kappa shape index (κ2) is 5.85. The molecule has 3 heterocycles. The van der Waals surface area contributed by atoms with Crippen LogP contribution in [0.4, 0.5) is 5.82 Å². The minimum atomic E-state index is 0.595. The van der Waals surface area contributed by atoms with E-state index >= 15 is 0 Å². The van der Waals surface area contributed by atoms with Crippen LogP contribution in [-0.4, -0.2) is 28.1 Å². The molecule has 2 aromatic heterocycles. The summed E-state index contributed by atoms with van der Waals surface area (Å²) < 4.78 is 5.53. The molecule has 0 atom stereocenters. The summed E-state index contributed by atoms with van der Waals surface area (Å²) in [6.07, 6.45) is 1.90. The van der Waals surface area contributed by atoms with E-state index in [1.54, 1.807) is 11.3 Å². The van der Waals surface area contributed by atoms with Crippen molar-refractivity contribution in [1.82, 2.24) is 15.0 Å². The zero-order chi connectivity index (χ0) is 13.9. The highest BCUT2D eigenvalue weighted by atomic mass is 32.1. The van der Waals surface area contributed by atoms with Crippen molar-refractivity contribution in [2.45, 2.75) is 33.3 Å². The Morgan fingerprint density at radius 2 is 2.25 bits per heavy atom. The summed E-state index contributed by atoms with van der Waals surface area (Å²) in [6.45, 7) is 6.36. The Hall–Kier alpha value is -1.53. The fourth-order valence-electron chi connectivity index (χ4n) is 2.20. The normalized spacial score (nSPS) is 14.1. The average Bonchev–Trinajstić information content (AvgIpc) is 2.91. The molecular weight excluding hydrogens is 272 g/mol. The molecule has 1 N–H and O–H groups in total.